The first-order valence-corrected chi connectivity index (χ1v) is 28.2. The smallest absolute Gasteiger partial charge is 0.265 e. The van der Waals surface area contributed by atoms with Crippen molar-refractivity contribution in [1.29, 1.82) is 0 Å². The summed E-state index contributed by atoms with van der Waals surface area (Å²) in [6.07, 6.45) is 2.08. The lowest BCUT2D eigenvalue weighted by molar-refractivity contribution is 0.334. The molecular formula is C44H45Cl4N5O9P2S2. The topological polar surface area (TPSA) is 190 Å². The number of aryl methyl sites for hydroxylation is 2. The van der Waals surface area contributed by atoms with Crippen molar-refractivity contribution < 1.29 is 39.9 Å². The van der Waals surface area contributed by atoms with Gasteiger partial charge in [0.2, 0.25) is 27.1 Å². The molecule has 0 aliphatic heterocycles. The van der Waals surface area contributed by atoms with Gasteiger partial charge in [-0.15, -0.1) is 0 Å². The van der Waals surface area contributed by atoms with Crippen LogP contribution in [-0.2, 0) is 40.1 Å². The molecule has 14 nitrogen and oxygen atoms in total. The van der Waals surface area contributed by atoms with Gasteiger partial charge in [-0.1, -0.05) is 103 Å². The van der Waals surface area contributed by atoms with Gasteiger partial charge in [0, 0.05) is 55.7 Å². The number of hydrogen-bond acceptors (Lipinski definition) is 11. The van der Waals surface area contributed by atoms with Gasteiger partial charge in [-0.25, -0.2) is 16.8 Å². The van der Waals surface area contributed by atoms with Crippen LogP contribution in [0.15, 0.2) is 118 Å². The first-order valence-electron chi connectivity index (χ1n) is 20.4. The first-order chi connectivity index (χ1) is 31.3. The Hall–Kier alpha value is -4.05. The van der Waals surface area contributed by atoms with Gasteiger partial charge in [0.15, 0.2) is 0 Å². The predicted octanol–water partition coefficient (Wildman–Crippen LogP) is 12.5. The number of sulfonamides is 2. The summed E-state index contributed by atoms with van der Waals surface area (Å²) in [6, 6.07) is 25.8. The third-order valence-electron chi connectivity index (χ3n) is 10.3. The molecular weight excluding hydrogens is 1010 g/mol. The van der Waals surface area contributed by atoms with Gasteiger partial charge in [-0.3, -0.25) is 22.7 Å². The van der Waals surface area contributed by atoms with Crippen molar-refractivity contribution in [3.05, 3.63) is 135 Å². The van der Waals surface area contributed by atoms with Gasteiger partial charge in [0.05, 0.1) is 33.3 Å². The number of anilines is 2. The molecule has 0 radical (unpaired) electrons. The minimum atomic E-state index is -4.28. The predicted molar refractivity (Wildman–Crippen MR) is 265 cm³/mol. The monoisotopic (exact) mass is 1050 g/mol. The quantitative estimate of drug-likeness (QED) is 0.0903. The van der Waals surface area contributed by atoms with Crippen LogP contribution < -0.4 is 8.61 Å². The van der Waals surface area contributed by atoms with E-state index in [9.17, 15) is 30.9 Å². The average Bonchev–Trinajstić information content (AvgIpc) is 3.72. The van der Waals surface area contributed by atoms with Gasteiger partial charge < -0.3 is 13.9 Å². The molecule has 0 aliphatic rings. The Morgan fingerprint density at radius 1 is 0.803 bits per heavy atom. The van der Waals surface area contributed by atoms with E-state index in [1.54, 1.807) is 76.4 Å². The fraction of sp³-hybridized carbons (Fsp3) is 0.250. The number of hydrogen-bond donors (Lipinski definition) is 1. The van der Waals surface area contributed by atoms with E-state index < -0.39 is 41.2 Å². The number of nitrogens with zero attached hydrogens (tertiary/aromatic N) is 5. The summed E-state index contributed by atoms with van der Waals surface area (Å²) in [5.41, 5.74) is 2.70. The minimum absolute atomic E-state index is 0.116. The van der Waals surface area contributed by atoms with Crippen LogP contribution in [0, 0.1) is 6.92 Å². The zero-order valence-electron chi connectivity index (χ0n) is 36.2. The summed E-state index contributed by atoms with van der Waals surface area (Å²) in [7, 11) is -15.1. The van der Waals surface area contributed by atoms with Gasteiger partial charge in [0.1, 0.15) is 12.1 Å². The zero-order valence-corrected chi connectivity index (χ0v) is 42.7. The van der Waals surface area contributed by atoms with Crippen molar-refractivity contribution in [2.24, 2.45) is 0 Å². The molecule has 350 valence electrons. The maximum absolute atomic E-state index is 14.0. The Bertz CT molecular complexity index is 3180. The SMILES string of the molecule is CCOP(=O)(CC)CN(c1cccc2cc(-c3noc(C)n3)ccc12)S(=O)(=O)c1cc(Cl)cc(Cl)c1.CCc1ccc2ncccc2c1N(C(CC)[PH](=O)O)S(=O)(=O)c1cc(Cl)cc(Cl)c1. The molecule has 7 rings (SSSR count). The second kappa shape index (κ2) is 21.5. The molecule has 3 unspecified atom stereocenters. The Kier molecular flexibility index (Phi) is 16.7. The molecule has 0 bridgehead atoms. The van der Waals surface area contributed by atoms with Gasteiger partial charge in [0.25, 0.3) is 20.0 Å². The molecule has 2 aromatic heterocycles. The fourth-order valence-corrected chi connectivity index (χ4v) is 15.4. The van der Waals surface area contributed by atoms with Crippen molar-refractivity contribution in [1.82, 2.24) is 15.1 Å². The van der Waals surface area contributed by atoms with Crippen LogP contribution in [0.1, 0.15) is 45.6 Å². The minimum Gasteiger partial charge on any atom is -0.345 e. The highest BCUT2D eigenvalue weighted by molar-refractivity contribution is 7.93. The first kappa shape index (κ1) is 51.3. The second-order valence-electron chi connectivity index (χ2n) is 14.7. The van der Waals surface area contributed by atoms with Crippen LogP contribution in [0.4, 0.5) is 11.4 Å². The highest BCUT2D eigenvalue weighted by atomic mass is 35.5. The molecule has 0 saturated carbocycles. The van der Waals surface area contributed by atoms with Gasteiger partial charge in [-0.05, 0) is 97.4 Å². The molecule has 1 N–H and O–H groups in total. The third-order valence-corrected chi connectivity index (χ3v) is 18.7. The normalized spacial score (nSPS) is 13.7. The Labute approximate surface area is 404 Å². The largest absolute Gasteiger partial charge is 0.345 e. The van der Waals surface area contributed by atoms with E-state index in [0.29, 0.717) is 56.9 Å². The van der Waals surface area contributed by atoms with Crippen LogP contribution in [0.3, 0.4) is 0 Å². The van der Waals surface area contributed by atoms with Crippen molar-refractivity contribution in [3.8, 4) is 11.4 Å². The second-order valence-corrected chi connectivity index (χ2v) is 24.2. The summed E-state index contributed by atoms with van der Waals surface area (Å²) in [5.74, 6) is -0.291. The molecule has 0 spiro atoms. The molecule has 2 heterocycles. The van der Waals surface area contributed by atoms with Crippen LogP contribution >= 0.6 is 61.8 Å². The van der Waals surface area contributed by atoms with E-state index in [1.807, 2.05) is 25.1 Å². The Balaban J connectivity index is 0.000000222. The van der Waals surface area contributed by atoms with Crippen LogP contribution in [-0.4, -0.2) is 61.7 Å². The molecule has 0 fully saturated rings. The number of benzene rings is 5. The van der Waals surface area contributed by atoms with Gasteiger partial charge in [-0.2, -0.15) is 4.98 Å². The van der Waals surface area contributed by atoms with E-state index in [4.69, 9.17) is 55.5 Å². The Morgan fingerprint density at radius 3 is 1.98 bits per heavy atom. The molecule has 0 saturated heterocycles. The molecule has 22 heteroatoms. The molecule has 0 amide bonds. The number of fused-ring (bicyclic) bond motifs is 2. The lowest BCUT2D eigenvalue weighted by atomic mass is 10.1. The summed E-state index contributed by atoms with van der Waals surface area (Å²) >= 11 is 24.4. The van der Waals surface area contributed by atoms with E-state index in [0.717, 1.165) is 14.0 Å². The van der Waals surface area contributed by atoms with E-state index in [-0.39, 0.29) is 55.4 Å². The van der Waals surface area contributed by atoms with E-state index >= 15 is 0 Å². The summed E-state index contributed by atoms with van der Waals surface area (Å²) in [4.78, 5) is 18.4. The van der Waals surface area contributed by atoms with E-state index in [2.05, 4.69) is 15.1 Å². The lowest BCUT2D eigenvalue weighted by Gasteiger charge is -2.33. The van der Waals surface area contributed by atoms with Crippen molar-refractivity contribution in [2.45, 2.75) is 63.0 Å². The molecule has 66 heavy (non-hydrogen) atoms. The highest BCUT2D eigenvalue weighted by Gasteiger charge is 2.37. The summed E-state index contributed by atoms with van der Waals surface area (Å²) in [5, 5.41) is 6.54. The van der Waals surface area contributed by atoms with Gasteiger partial charge >= 0.3 is 0 Å². The number of halogens is 4. The van der Waals surface area contributed by atoms with E-state index in [1.165, 1.54) is 36.4 Å². The standard InChI is InChI=1S/C24H24Cl2N3O5PS.C20H21Cl2N2O4PS/c1-4-33-35(30,5-2)15-29(36(31,32)21-13-19(25)12-20(26)14-21)23-8-6-7-17-11-18(9-10-22(17)23)24-27-16(3)34-28-24;1-3-13-7-8-18-17(6-5-9-23-18)20(13)24(19(4-2)29(25)26)30(27,28)16-11-14(21)10-15(22)12-16/h6-14H,4-5,15H2,1-3H3;5-12,19,29H,3-4H2,1-2H3,(H,25,26). The molecule has 0 aliphatic carbocycles. The lowest BCUT2D eigenvalue weighted by Crippen LogP contribution is -2.39. The summed E-state index contributed by atoms with van der Waals surface area (Å²) < 4.78 is 94.2. The van der Waals surface area contributed by atoms with Crippen molar-refractivity contribution in [2.75, 3.05) is 27.7 Å². The molecule has 3 atom stereocenters. The van der Waals surface area contributed by atoms with Crippen molar-refractivity contribution >= 4 is 115 Å². The number of pyridine rings is 1. The summed E-state index contributed by atoms with van der Waals surface area (Å²) in [6.45, 7) is 8.88. The zero-order chi connectivity index (χ0) is 48.1. The number of rotatable bonds is 16. The Morgan fingerprint density at radius 2 is 1.44 bits per heavy atom. The third kappa shape index (κ3) is 11.3. The van der Waals surface area contributed by atoms with Crippen LogP contribution in [0.25, 0.3) is 33.1 Å². The molecule has 5 aromatic carbocycles. The number of aromatic nitrogens is 3. The molecule has 7 aromatic rings. The van der Waals surface area contributed by atoms with Crippen LogP contribution in [0.5, 0.6) is 0 Å². The maximum atomic E-state index is 14.0. The maximum Gasteiger partial charge on any atom is 0.265 e. The van der Waals surface area contributed by atoms with Crippen molar-refractivity contribution in [3.63, 3.8) is 0 Å². The highest BCUT2D eigenvalue weighted by Crippen LogP contribution is 2.50. The average molecular weight is 1060 g/mol. The van der Waals surface area contributed by atoms with Crippen LogP contribution in [0.2, 0.25) is 20.1 Å². The fourth-order valence-electron chi connectivity index (χ4n) is 7.19.